The quantitative estimate of drug-likeness (QED) is 0.426. The van der Waals surface area contributed by atoms with Crippen molar-refractivity contribution in [2.24, 2.45) is 0 Å². The fourth-order valence-corrected chi connectivity index (χ4v) is 0.758. The van der Waals surface area contributed by atoms with E-state index >= 15 is 0 Å². The van der Waals surface area contributed by atoms with Crippen molar-refractivity contribution in [2.75, 3.05) is 0 Å². The van der Waals surface area contributed by atoms with E-state index in [1.165, 1.54) is 12.4 Å². The molecule has 0 fully saturated rings. The van der Waals surface area contributed by atoms with Crippen LogP contribution in [-0.4, -0.2) is 20.0 Å². The summed E-state index contributed by atoms with van der Waals surface area (Å²) in [4.78, 5) is 20.6. The molecule has 1 heterocycles. The predicted molar refractivity (Wildman–Crippen MR) is 42.4 cm³/mol. The molecular weight excluding hydrogens is 247 g/mol. The number of aromatic nitrogens is 2. The van der Waals surface area contributed by atoms with E-state index in [1.54, 1.807) is 22.6 Å². The Morgan fingerprint density at radius 2 is 2.50 bits per heavy atom. The molecule has 0 aliphatic carbocycles. The van der Waals surface area contributed by atoms with E-state index in [4.69, 9.17) is 0 Å². The second-order valence-corrected chi connectivity index (χ2v) is 2.51. The van der Waals surface area contributed by atoms with Gasteiger partial charge in [-0.2, -0.15) is 9.78 Å². The Morgan fingerprint density at radius 3 is 2.80 bits per heavy atom. The SMILES string of the molecule is O=Cc1cnn(C(=O)I)c1. The predicted octanol–water partition coefficient (Wildman–Crippen LogP) is 1.10. The van der Waals surface area contributed by atoms with Crippen LogP contribution in [-0.2, 0) is 0 Å². The van der Waals surface area contributed by atoms with E-state index < -0.39 is 0 Å². The zero-order valence-corrected chi connectivity index (χ0v) is 6.98. The third kappa shape index (κ3) is 1.41. The standard InChI is InChI=1S/C5H3IN2O2/c6-5(10)8-2-4(3-9)1-7-8/h1-3H. The summed E-state index contributed by atoms with van der Waals surface area (Å²) in [6.45, 7) is 0. The van der Waals surface area contributed by atoms with Gasteiger partial charge < -0.3 is 0 Å². The monoisotopic (exact) mass is 250 g/mol. The average molecular weight is 250 g/mol. The lowest BCUT2D eigenvalue weighted by Crippen LogP contribution is -2.00. The summed E-state index contributed by atoms with van der Waals surface area (Å²) < 4.78 is 0.871. The van der Waals surface area contributed by atoms with Gasteiger partial charge in [0.1, 0.15) is 0 Å². The van der Waals surface area contributed by atoms with Crippen LogP contribution in [0.25, 0.3) is 0 Å². The summed E-state index contributed by atoms with van der Waals surface area (Å²) in [5, 5.41) is 3.61. The molecule has 0 atom stereocenters. The van der Waals surface area contributed by atoms with Crippen LogP contribution >= 0.6 is 22.6 Å². The molecule has 0 amide bonds. The van der Waals surface area contributed by atoms with E-state index in [1.807, 2.05) is 0 Å². The Hall–Kier alpha value is -0.720. The highest BCUT2D eigenvalue weighted by molar-refractivity contribution is 14.1. The molecule has 0 spiro atoms. The van der Waals surface area contributed by atoms with E-state index in [-0.39, 0.29) is 3.91 Å². The zero-order chi connectivity index (χ0) is 7.56. The second kappa shape index (κ2) is 2.91. The van der Waals surface area contributed by atoms with Crippen molar-refractivity contribution in [2.45, 2.75) is 0 Å². The van der Waals surface area contributed by atoms with Crippen molar-refractivity contribution in [3.63, 3.8) is 0 Å². The Kier molecular flexibility index (Phi) is 2.15. The third-order valence-corrected chi connectivity index (χ3v) is 1.41. The highest BCUT2D eigenvalue weighted by Crippen LogP contribution is 1.97. The van der Waals surface area contributed by atoms with Crippen LogP contribution in [0.2, 0.25) is 0 Å². The Bertz CT molecular complexity index is 268. The molecule has 1 rings (SSSR count). The molecule has 10 heavy (non-hydrogen) atoms. The normalized spacial score (nSPS) is 9.30. The molecule has 0 saturated carbocycles. The summed E-state index contributed by atoms with van der Waals surface area (Å²) in [5.41, 5.74) is 0.407. The van der Waals surface area contributed by atoms with Gasteiger partial charge in [-0.15, -0.1) is 0 Å². The molecule has 0 bridgehead atoms. The number of carbonyl (C=O) groups excluding carboxylic acids is 2. The van der Waals surface area contributed by atoms with Gasteiger partial charge in [-0.05, 0) is 0 Å². The molecule has 0 N–H and O–H groups in total. The molecule has 4 nitrogen and oxygen atoms in total. The maximum absolute atomic E-state index is 10.5. The maximum atomic E-state index is 10.5. The van der Waals surface area contributed by atoms with Crippen LogP contribution in [0, 0.1) is 0 Å². The molecule has 0 unspecified atom stereocenters. The van der Waals surface area contributed by atoms with Crippen molar-refractivity contribution < 1.29 is 9.59 Å². The molecule has 0 aliphatic rings. The van der Waals surface area contributed by atoms with Gasteiger partial charge in [0.25, 0.3) is 0 Å². The first-order valence-electron chi connectivity index (χ1n) is 2.43. The van der Waals surface area contributed by atoms with Crippen LogP contribution in [0.15, 0.2) is 12.4 Å². The van der Waals surface area contributed by atoms with Crippen molar-refractivity contribution in [1.82, 2.24) is 9.78 Å². The summed E-state index contributed by atoms with van der Waals surface area (Å²) in [7, 11) is 0. The highest BCUT2D eigenvalue weighted by Gasteiger charge is 2.00. The minimum atomic E-state index is -0.231. The number of hydrogen-bond acceptors (Lipinski definition) is 3. The van der Waals surface area contributed by atoms with Crippen LogP contribution in [0.1, 0.15) is 10.4 Å². The Balaban J connectivity index is 2.98. The van der Waals surface area contributed by atoms with Gasteiger partial charge in [-0.3, -0.25) is 9.59 Å². The molecule has 1 aromatic rings. The minimum Gasteiger partial charge on any atom is -0.298 e. The van der Waals surface area contributed by atoms with Gasteiger partial charge in [0, 0.05) is 28.8 Å². The van der Waals surface area contributed by atoms with Gasteiger partial charge in [0.2, 0.25) is 0 Å². The number of aldehydes is 1. The van der Waals surface area contributed by atoms with E-state index in [0.717, 1.165) is 4.68 Å². The van der Waals surface area contributed by atoms with Gasteiger partial charge in [-0.25, -0.2) is 0 Å². The van der Waals surface area contributed by atoms with Gasteiger partial charge >= 0.3 is 3.91 Å². The fraction of sp³-hybridized carbons (Fsp3) is 0. The van der Waals surface area contributed by atoms with Crippen LogP contribution < -0.4 is 0 Å². The lowest BCUT2D eigenvalue weighted by Gasteiger charge is -1.85. The molecule has 52 valence electrons. The van der Waals surface area contributed by atoms with Crippen molar-refractivity contribution in [3.8, 4) is 0 Å². The van der Waals surface area contributed by atoms with E-state index in [0.29, 0.717) is 11.8 Å². The number of carbonyl (C=O) groups is 2. The first-order chi connectivity index (χ1) is 4.74. The van der Waals surface area contributed by atoms with Crippen molar-refractivity contribution in [1.29, 1.82) is 0 Å². The van der Waals surface area contributed by atoms with E-state index in [2.05, 4.69) is 5.10 Å². The van der Waals surface area contributed by atoms with Crippen LogP contribution in [0.3, 0.4) is 0 Å². The molecule has 0 aliphatic heterocycles. The van der Waals surface area contributed by atoms with Gasteiger partial charge in [0.15, 0.2) is 6.29 Å². The molecular formula is C5H3IN2O2. The Labute approximate surface area is 70.4 Å². The summed E-state index contributed by atoms with van der Waals surface area (Å²) in [6, 6.07) is 0. The molecule has 0 saturated heterocycles. The first kappa shape index (κ1) is 7.39. The third-order valence-electron chi connectivity index (χ3n) is 0.919. The largest absolute Gasteiger partial charge is 0.307 e. The van der Waals surface area contributed by atoms with Gasteiger partial charge in [-0.1, -0.05) is 0 Å². The van der Waals surface area contributed by atoms with Crippen molar-refractivity contribution >= 4 is 32.8 Å². The molecule has 0 aromatic carbocycles. The average Bonchev–Trinajstić information content (AvgIpc) is 2.34. The molecule has 0 radical (unpaired) electrons. The fourth-order valence-electron chi connectivity index (χ4n) is 0.494. The Morgan fingerprint density at radius 1 is 1.80 bits per heavy atom. The number of nitrogens with zero attached hydrogens (tertiary/aromatic N) is 2. The zero-order valence-electron chi connectivity index (χ0n) is 4.82. The molecule has 5 heteroatoms. The number of hydrogen-bond donors (Lipinski definition) is 0. The number of rotatable bonds is 1. The van der Waals surface area contributed by atoms with E-state index in [9.17, 15) is 9.59 Å². The van der Waals surface area contributed by atoms with Crippen LogP contribution in [0.4, 0.5) is 4.79 Å². The summed E-state index contributed by atoms with van der Waals surface area (Å²) >= 11 is 1.58. The minimum absolute atomic E-state index is 0.231. The highest BCUT2D eigenvalue weighted by atomic mass is 127. The molecule has 1 aromatic heterocycles. The smallest absolute Gasteiger partial charge is 0.298 e. The van der Waals surface area contributed by atoms with Gasteiger partial charge in [0.05, 0.1) is 11.8 Å². The van der Waals surface area contributed by atoms with Crippen LogP contribution in [0.5, 0.6) is 0 Å². The lowest BCUT2D eigenvalue weighted by molar-refractivity contribution is 0.112. The van der Waals surface area contributed by atoms with Crippen molar-refractivity contribution in [3.05, 3.63) is 18.0 Å². The number of halogens is 1. The topological polar surface area (TPSA) is 52.0 Å². The first-order valence-corrected chi connectivity index (χ1v) is 3.51. The summed E-state index contributed by atoms with van der Waals surface area (Å²) in [5.74, 6) is 0. The maximum Gasteiger partial charge on any atom is 0.307 e. The summed E-state index contributed by atoms with van der Waals surface area (Å²) in [6.07, 6.45) is 3.36. The lowest BCUT2D eigenvalue weighted by atomic mass is 10.4. The second-order valence-electron chi connectivity index (χ2n) is 1.59.